The standard InChI is InChI=1S/C14H18Cl2N4O/c1-7-11(15)9(3)19-14(21)10(4)20(18-6)13(17-5)12(16)8-2/h7-8H,3-4,6H2,1-2,5H3,(H,19,21)/b11-7+,12-8+,17-13?. The topological polar surface area (TPSA) is 57.1 Å². The molecule has 21 heavy (non-hydrogen) atoms. The van der Waals surface area contributed by atoms with Crippen LogP contribution in [0.1, 0.15) is 13.8 Å². The molecule has 0 aromatic carbocycles. The third-order valence-electron chi connectivity index (χ3n) is 2.34. The molecule has 7 heteroatoms. The Labute approximate surface area is 135 Å². The van der Waals surface area contributed by atoms with Crippen LogP contribution in [0.25, 0.3) is 0 Å². The molecule has 114 valence electrons. The molecule has 5 nitrogen and oxygen atoms in total. The molecule has 0 rings (SSSR count). The molecule has 0 aliphatic carbocycles. The molecule has 1 amide bonds. The van der Waals surface area contributed by atoms with Gasteiger partial charge in [0.2, 0.25) is 0 Å². The Morgan fingerprint density at radius 2 is 1.71 bits per heavy atom. The number of amidine groups is 1. The summed E-state index contributed by atoms with van der Waals surface area (Å²) in [7, 11) is 1.51. The van der Waals surface area contributed by atoms with E-state index in [9.17, 15) is 4.79 Å². The van der Waals surface area contributed by atoms with Crippen molar-refractivity contribution in [3.8, 4) is 0 Å². The maximum atomic E-state index is 12.1. The number of nitrogens with zero attached hydrogens (tertiary/aromatic N) is 3. The Bertz CT molecular complexity index is 547. The average molecular weight is 329 g/mol. The lowest BCUT2D eigenvalue weighted by molar-refractivity contribution is -0.117. The monoisotopic (exact) mass is 328 g/mol. The number of allylic oxidation sites excluding steroid dienone is 3. The fraction of sp³-hybridized carbons (Fsp3) is 0.214. The number of carbonyl (C=O) groups is 1. The lowest BCUT2D eigenvalue weighted by Crippen LogP contribution is -2.35. The van der Waals surface area contributed by atoms with Gasteiger partial charge < -0.3 is 5.32 Å². The molecular formula is C14H18Cl2N4O. The van der Waals surface area contributed by atoms with Gasteiger partial charge in [-0.25, -0.2) is 5.01 Å². The van der Waals surface area contributed by atoms with Gasteiger partial charge >= 0.3 is 0 Å². The van der Waals surface area contributed by atoms with Crippen molar-refractivity contribution in [2.24, 2.45) is 10.1 Å². The molecule has 0 saturated heterocycles. The first-order valence-electron chi connectivity index (χ1n) is 5.91. The van der Waals surface area contributed by atoms with Gasteiger partial charge in [-0.3, -0.25) is 9.79 Å². The van der Waals surface area contributed by atoms with Crippen LogP contribution in [0.15, 0.2) is 56.9 Å². The summed E-state index contributed by atoms with van der Waals surface area (Å²) in [5.41, 5.74) is 0.230. The van der Waals surface area contributed by atoms with Crippen LogP contribution in [-0.2, 0) is 4.79 Å². The molecule has 0 saturated carbocycles. The van der Waals surface area contributed by atoms with Crippen LogP contribution in [0, 0.1) is 0 Å². The first-order chi connectivity index (χ1) is 9.83. The number of carbonyl (C=O) groups excluding carboxylic acids is 1. The summed E-state index contributed by atoms with van der Waals surface area (Å²) in [6, 6.07) is 0. The van der Waals surface area contributed by atoms with Crippen molar-refractivity contribution in [2.75, 3.05) is 7.05 Å². The SMILES string of the molecule is C=NN(C(=C)C(=O)NC(=C)/C(Cl)=C\C)C(=NC)/C(Cl)=C\C. The number of hydrogen-bond donors (Lipinski definition) is 1. The van der Waals surface area contributed by atoms with E-state index >= 15 is 0 Å². The highest BCUT2D eigenvalue weighted by Gasteiger charge is 2.21. The smallest absolute Gasteiger partial charge is 0.273 e. The van der Waals surface area contributed by atoms with Gasteiger partial charge in [-0.1, -0.05) is 48.5 Å². The van der Waals surface area contributed by atoms with Crippen molar-refractivity contribution in [1.82, 2.24) is 10.3 Å². The summed E-state index contributed by atoms with van der Waals surface area (Å²) in [5, 5.41) is 7.98. The van der Waals surface area contributed by atoms with Crippen molar-refractivity contribution in [2.45, 2.75) is 13.8 Å². The molecule has 0 aliphatic heterocycles. The molecule has 0 aromatic rings. The van der Waals surface area contributed by atoms with Crippen LogP contribution in [0.4, 0.5) is 0 Å². The maximum Gasteiger partial charge on any atom is 0.273 e. The summed E-state index contributed by atoms with van der Waals surface area (Å²) in [5.74, 6) is -0.300. The van der Waals surface area contributed by atoms with Crippen LogP contribution < -0.4 is 5.32 Å². The number of halogens is 2. The van der Waals surface area contributed by atoms with Crippen molar-refractivity contribution < 1.29 is 4.79 Å². The van der Waals surface area contributed by atoms with E-state index in [-0.39, 0.29) is 17.2 Å². The van der Waals surface area contributed by atoms with Crippen molar-refractivity contribution in [1.29, 1.82) is 0 Å². The Balaban J connectivity index is 5.25. The fourth-order valence-electron chi connectivity index (χ4n) is 1.25. The summed E-state index contributed by atoms with van der Waals surface area (Å²) < 4.78 is 0. The van der Waals surface area contributed by atoms with Crippen molar-refractivity contribution in [3.05, 3.63) is 46.8 Å². The van der Waals surface area contributed by atoms with Crippen LogP contribution in [0.2, 0.25) is 0 Å². The number of hydrogen-bond acceptors (Lipinski definition) is 3. The lowest BCUT2D eigenvalue weighted by atomic mass is 10.3. The van der Waals surface area contributed by atoms with E-state index in [1.54, 1.807) is 26.0 Å². The number of nitrogens with one attached hydrogen (secondary N) is 1. The van der Waals surface area contributed by atoms with E-state index in [2.05, 4.69) is 35.3 Å². The summed E-state index contributed by atoms with van der Waals surface area (Å²) in [6.45, 7) is 14.1. The van der Waals surface area contributed by atoms with Crippen molar-refractivity contribution >= 4 is 41.7 Å². The fourth-order valence-corrected chi connectivity index (χ4v) is 1.46. The molecule has 0 spiro atoms. The van der Waals surface area contributed by atoms with E-state index in [0.717, 1.165) is 5.01 Å². The van der Waals surface area contributed by atoms with Gasteiger partial charge in [0, 0.05) is 13.8 Å². The first-order valence-corrected chi connectivity index (χ1v) is 6.66. The van der Waals surface area contributed by atoms with E-state index in [1.165, 1.54) is 7.05 Å². The van der Waals surface area contributed by atoms with E-state index in [4.69, 9.17) is 23.2 Å². The minimum atomic E-state index is -0.547. The Kier molecular flexibility index (Phi) is 8.35. The molecule has 0 radical (unpaired) electrons. The highest BCUT2D eigenvalue weighted by molar-refractivity contribution is 6.43. The number of aliphatic imine (C=N–C) groups is 1. The van der Waals surface area contributed by atoms with Crippen LogP contribution >= 0.6 is 23.2 Å². The average Bonchev–Trinajstić information content (AvgIpc) is 2.49. The second-order valence-electron chi connectivity index (χ2n) is 3.65. The minimum absolute atomic E-state index is 0.0210. The second-order valence-corrected chi connectivity index (χ2v) is 4.47. The quantitative estimate of drug-likeness (QED) is 0.267. The van der Waals surface area contributed by atoms with Gasteiger partial charge in [0.05, 0.1) is 15.8 Å². The van der Waals surface area contributed by atoms with Gasteiger partial charge in [-0.05, 0) is 13.8 Å². The third-order valence-corrected chi connectivity index (χ3v) is 3.18. The van der Waals surface area contributed by atoms with Crippen LogP contribution in [0.5, 0.6) is 0 Å². The molecule has 0 unspecified atom stereocenters. The largest absolute Gasteiger partial charge is 0.320 e. The van der Waals surface area contributed by atoms with Gasteiger partial charge in [-0.15, -0.1) is 0 Å². The number of amides is 1. The summed E-state index contributed by atoms with van der Waals surface area (Å²) in [6.07, 6.45) is 3.22. The van der Waals surface area contributed by atoms with E-state index in [1.807, 2.05) is 0 Å². The summed E-state index contributed by atoms with van der Waals surface area (Å²) >= 11 is 11.9. The minimum Gasteiger partial charge on any atom is -0.320 e. The van der Waals surface area contributed by atoms with Gasteiger partial charge in [0.25, 0.3) is 5.91 Å². The second kappa shape index (κ2) is 9.15. The molecular weight excluding hydrogens is 311 g/mol. The molecule has 0 heterocycles. The Morgan fingerprint density at radius 1 is 1.19 bits per heavy atom. The zero-order valence-corrected chi connectivity index (χ0v) is 13.8. The molecule has 0 aliphatic rings. The predicted octanol–water partition coefficient (Wildman–Crippen LogP) is 3.36. The molecule has 1 N–H and O–H groups in total. The highest BCUT2D eigenvalue weighted by Crippen LogP contribution is 2.15. The highest BCUT2D eigenvalue weighted by atomic mass is 35.5. The zero-order chi connectivity index (χ0) is 16.6. The molecule has 0 aromatic heterocycles. The molecule has 0 atom stereocenters. The maximum absolute atomic E-state index is 12.1. The summed E-state index contributed by atoms with van der Waals surface area (Å²) in [4.78, 5) is 16.1. The number of hydrazone groups is 1. The Hall–Kier alpha value is -1.85. The number of rotatable bonds is 6. The lowest BCUT2D eigenvalue weighted by Gasteiger charge is -2.21. The third kappa shape index (κ3) is 5.21. The zero-order valence-electron chi connectivity index (χ0n) is 12.3. The first kappa shape index (κ1) is 19.1. The Morgan fingerprint density at radius 3 is 2.10 bits per heavy atom. The van der Waals surface area contributed by atoms with Gasteiger partial charge in [-0.2, -0.15) is 5.10 Å². The molecule has 0 fully saturated rings. The predicted molar refractivity (Wildman–Crippen MR) is 90.4 cm³/mol. The van der Waals surface area contributed by atoms with Gasteiger partial charge in [0.1, 0.15) is 5.70 Å². The van der Waals surface area contributed by atoms with E-state index in [0.29, 0.717) is 10.1 Å². The van der Waals surface area contributed by atoms with E-state index < -0.39 is 5.91 Å². The normalized spacial score (nSPS) is 12.7. The van der Waals surface area contributed by atoms with Gasteiger partial charge in [0.15, 0.2) is 5.84 Å². The van der Waals surface area contributed by atoms with Crippen LogP contribution in [-0.4, -0.2) is 30.5 Å². The molecule has 0 bridgehead atoms. The van der Waals surface area contributed by atoms with Crippen LogP contribution in [0.3, 0.4) is 0 Å². The van der Waals surface area contributed by atoms with Crippen molar-refractivity contribution in [3.63, 3.8) is 0 Å².